The molecule has 0 radical (unpaired) electrons. The fraction of sp³-hybridized carbons (Fsp3) is 0.500. The van der Waals surface area contributed by atoms with Crippen LogP contribution in [0.25, 0.3) is 10.9 Å². The van der Waals surface area contributed by atoms with Crippen molar-refractivity contribution in [2.24, 2.45) is 11.3 Å². The van der Waals surface area contributed by atoms with E-state index < -0.39 is 5.97 Å². The molecular formula is C22H28N2O3. The van der Waals surface area contributed by atoms with E-state index >= 15 is 0 Å². The molecule has 1 amide bonds. The molecule has 144 valence electrons. The predicted molar refractivity (Wildman–Crippen MR) is 106 cm³/mol. The number of benzene rings is 1. The van der Waals surface area contributed by atoms with Crippen molar-refractivity contribution in [1.82, 2.24) is 10.3 Å². The van der Waals surface area contributed by atoms with Crippen LogP contribution < -0.4 is 5.32 Å². The molecule has 0 bridgehead atoms. The van der Waals surface area contributed by atoms with Gasteiger partial charge in [0.15, 0.2) is 6.61 Å². The van der Waals surface area contributed by atoms with Gasteiger partial charge in [0, 0.05) is 18.1 Å². The second-order valence-electron chi connectivity index (χ2n) is 7.96. The molecule has 1 aliphatic carbocycles. The number of nitrogens with zero attached hydrogens (tertiary/aromatic N) is 1. The minimum Gasteiger partial charge on any atom is -0.452 e. The number of esters is 1. The van der Waals surface area contributed by atoms with Crippen LogP contribution in [-0.4, -0.2) is 30.5 Å². The molecule has 2 aromatic rings. The second kappa shape index (κ2) is 7.67. The lowest BCUT2D eigenvalue weighted by atomic mass is 9.68. The summed E-state index contributed by atoms with van der Waals surface area (Å²) in [6.45, 7) is 6.53. The highest BCUT2D eigenvalue weighted by Gasteiger charge is 2.34. The molecule has 1 aromatic heterocycles. The highest BCUT2D eigenvalue weighted by molar-refractivity contribution is 6.05. The van der Waals surface area contributed by atoms with Gasteiger partial charge in [0.05, 0.1) is 11.1 Å². The van der Waals surface area contributed by atoms with Crippen molar-refractivity contribution >= 4 is 22.8 Å². The molecule has 0 unspecified atom stereocenters. The van der Waals surface area contributed by atoms with Crippen LogP contribution in [0.1, 0.15) is 55.2 Å². The number of aryl methyl sites for hydroxylation is 1. The van der Waals surface area contributed by atoms with Crippen LogP contribution in [0.15, 0.2) is 24.3 Å². The summed E-state index contributed by atoms with van der Waals surface area (Å²) in [6.07, 6.45) is 3.85. The second-order valence-corrected chi connectivity index (χ2v) is 7.96. The van der Waals surface area contributed by atoms with Crippen molar-refractivity contribution in [2.45, 2.75) is 46.5 Å². The van der Waals surface area contributed by atoms with Gasteiger partial charge in [0.25, 0.3) is 5.91 Å². The summed E-state index contributed by atoms with van der Waals surface area (Å²) in [5.74, 6) is -0.271. The highest BCUT2D eigenvalue weighted by Crippen LogP contribution is 2.41. The number of carbonyl (C=O) groups excluding carboxylic acids is 2. The molecule has 0 aliphatic heterocycles. The van der Waals surface area contributed by atoms with Gasteiger partial charge in [-0.2, -0.15) is 0 Å². The normalized spacial score (nSPS) is 16.7. The molecule has 1 aromatic carbocycles. The molecule has 0 saturated heterocycles. The number of pyridine rings is 1. The summed E-state index contributed by atoms with van der Waals surface area (Å²) in [5, 5.41) is 3.28. The summed E-state index contributed by atoms with van der Waals surface area (Å²) in [6, 6.07) is 7.66. The third-order valence-corrected chi connectivity index (χ3v) is 6.09. The lowest BCUT2D eigenvalue weighted by Gasteiger charge is -2.37. The van der Waals surface area contributed by atoms with Crippen LogP contribution in [0.2, 0.25) is 0 Å². The van der Waals surface area contributed by atoms with Gasteiger partial charge in [-0.1, -0.05) is 45.4 Å². The van der Waals surface area contributed by atoms with Gasteiger partial charge in [-0.25, -0.2) is 4.79 Å². The largest absolute Gasteiger partial charge is 0.452 e. The molecule has 1 heterocycles. The Bertz CT molecular complexity index is 873. The fourth-order valence-corrected chi connectivity index (χ4v) is 3.85. The van der Waals surface area contributed by atoms with Crippen molar-refractivity contribution in [3.8, 4) is 0 Å². The van der Waals surface area contributed by atoms with Crippen molar-refractivity contribution < 1.29 is 14.3 Å². The van der Waals surface area contributed by atoms with E-state index in [-0.39, 0.29) is 17.9 Å². The summed E-state index contributed by atoms with van der Waals surface area (Å²) >= 11 is 0. The first kappa shape index (κ1) is 19.3. The quantitative estimate of drug-likeness (QED) is 0.818. The third-order valence-electron chi connectivity index (χ3n) is 6.09. The van der Waals surface area contributed by atoms with E-state index in [2.05, 4.69) is 26.1 Å². The molecule has 27 heavy (non-hydrogen) atoms. The van der Waals surface area contributed by atoms with Gasteiger partial charge in [-0.15, -0.1) is 0 Å². The standard InChI is InChI=1S/C22H28N2O3/c1-5-22(2,3)14-10-11-18-16(12-14)20(21(26)27-13-19(25)23-4)15-8-6-7-9-17(15)24-18/h6-9,14H,5,10-13H2,1-4H3,(H,23,25)/t14-/m1/s1. The smallest absolute Gasteiger partial charge is 0.339 e. The number of nitrogens with one attached hydrogen (secondary N) is 1. The van der Waals surface area contributed by atoms with E-state index in [1.54, 1.807) is 0 Å². The number of hydrogen-bond acceptors (Lipinski definition) is 4. The van der Waals surface area contributed by atoms with Crippen molar-refractivity contribution in [2.75, 3.05) is 13.7 Å². The lowest BCUT2D eigenvalue weighted by molar-refractivity contribution is -0.123. The van der Waals surface area contributed by atoms with E-state index in [4.69, 9.17) is 9.72 Å². The van der Waals surface area contributed by atoms with Crippen LogP contribution >= 0.6 is 0 Å². The Hall–Kier alpha value is -2.43. The van der Waals surface area contributed by atoms with Crippen molar-refractivity contribution in [3.05, 3.63) is 41.1 Å². The molecule has 1 aliphatic rings. The van der Waals surface area contributed by atoms with E-state index in [0.29, 0.717) is 11.5 Å². The lowest BCUT2D eigenvalue weighted by Crippen LogP contribution is -2.31. The molecule has 5 heteroatoms. The minimum absolute atomic E-state index is 0.201. The van der Waals surface area contributed by atoms with E-state index in [0.717, 1.165) is 47.8 Å². The summed E-state index contributed by atoms with van der Waals surface area (Å²) < 4.78 is 5.32. The number of para-hydroxylation sites is 1. The number of ether oxygens (including phenoxy) is 1. The first-order valence-electron chi connectivity index (χ1n) is 9.65. The Kier molecular flexibility index (Phi) is 5.49. The average molecular weight is 368 g/mol. The van der Waals surface area contributed by atoms with Crippen LogP contribution in [0.4, 0.5) is 0 Å². The maximum atomic E-state index is 12.9. The zero-order valence-corrected chi connectivity index (χ0v) is 16.6. The molecule has 5 nitrogen and oxygen atoms in total. The molecular weight excluding hydrogens is 340 g/mol. The number of rotatable bonds is 5. The van der Waals surface area contributed by atoms with E-state index in [1.807, 2.05) is 24.3 Å². The molecule has 3 rings (SSSR count). The van der Waals surface area contributed by atoms with Gasteiger partial charge in [-0.05, 0) is 42.2 Å². The Morgan fingerprint density at radius 1 is 1.30 bits per heavy atom. The fourth-order valence-electron chi connectivity index (χ4n) is 3.85. The number of carbonyl (C=O) groups is 2. The maximum absolute atomic E-state index is 12.9. The monoisotopic (exact) mass is 368 g/mol. The van der Waals surface area contributed by atoms with E-state index in [9.17, 15) is 9.59 Å². The van der Waals surface area contributed by atoms with Crippen LogP contribution in [0.3, 0.4) is 0 Å². The molecule has 0 saturated carbocycles. The summed E-state index contributed by atoms with van der Waals surface area (Å²) in [5.41, 5.74) is 3.57. The van der Waals surface area contributed by atoms with Crippen LogP contribution in [0.5, 0.6) is 0 Å². The Labute approximate surface area is 160 Å². The van der Waals surface area contributed by atoms with Crippen molar-refractivity contribution in [3.63, 3.8) is 0 Å². The third kappa shape index (κ3) is 3.82. The molecule has 1 N–H and O–H groups in total. The van der Waals surface area contributed by atoms with Gasteiger partial charge < -0.3 is 10.1 Å². The summed E-state index contributed by atoms with van der Waals surface area (Å²) in [7, 11) is 1.53. The molecule has 0 fully saturated rings. The molecule has 0 spiro atoms. The zero-order valence-electron chi connectivity index (χ0n) is 16.6. The molecule has 1 atom stereocenters. The van der Waals surface area contributed by atoms with Gasteiger partial charge >= 0.3 is 5.97 Å². The first-order valence-corrected chi connectivity index (χ1v) is 9.65. The van der Waals surface area contributed by atoms with Gasteiger partial charge in [-0.3, -0.25) is 9.78 Å². The maximum Gasteiger partial charge on any atom is 0.339 e. The summed E-state index contributed by atoms with van der Waals surface area (Å²) in [4.78, 5) is 29.3. The van der Waals surface area contributed by atoms with Crippen LogP contribution in [0, 0.1) is 11.3 Å². The van der Waals surface area contributed by atoms with Gasteiger partial charge in [0.2, 0.25) is 0 Å². The number of fused-ring (bicyclic) bond motifs is 2. The zero-order chi connectivity index (χ0) is 19.6. The van der Waals surface area contributed by atoms with Crippen LogP contribution in [-0.2, 0) is 22.4 Å². The number of likely N-dealkylation sites (N-methyl/N-ethyl adjacent to an activating group) is 1. The Morgan fingerprint density at radius 3 is 2.74 bits per heavy atom. The number of hydrogen-bond donors (Lipinski definition) is 1. The first-order chi connectivity index (χ1) is 12.9. The predicted octanol–water partition coefficient (Wildman–Crippen LogP) is 3.68. The average Bonchev–Trinajstić information content (AvgIpc) is 2.69. The minimum atomic E-state index is -0.441. The van der Waals surface area contributed by atoms with Crippen molar-refractivity contribution in [1.29, 1.82) is 0 Å². The number of amides is 1. The Balaban J connectivity index is 2.06. The Morgan fingerprint density at radius 2 is 2.04 bits per heavy atom. The SMILES string of the molecule is CCC(C)(C)[C@@H]1CCc2nc3ccccc3c(C(=O)OCC(=O)NC)c2C1. The van der Waals surface area contributed by atoms with Gasteiger partial charge in [0.1, 0.15) is 0 Å². The topological polar surface area (TPSA) is 68.3 Å². The highest BCUT2D eigenvalue weighted by atomic mass is 16.5. The van der Waals surface area contributed by atoms with E-state index in [1.165, 1.54) is 7.05 Å². The number of aromatic nitrogens is 1.